The Balaban J connectivity index is 1.77. The molecule has 6 heteroatoms. The maximum Gasteiger partial charge on any atom is 0.200 e. The van der Waals surface area contributed by atoms with E-state index in [1.165, 1.54) is 7.11 Å². The van der Waals surface area contributed by atoms with Crippen LogP contribution in [0.4, 0.5) is 0 Å². The summed E-state index contributed by atoms with van der Waals surface area (Å²) in [6.45, 7) is 4.24. The molecule has 2 aromatic rings. The molecule has 0 bridgehead atoms. The van der Waals surface area contributed by atoms with Crippen LogP contribution in [0.3, 0.4) is 0 Å². The van der Waals surface area contributed by atoms with E-state index in [1.54, 1.807) is 12.1 Å². The number of hydrogen-bond donors (Lipinski definition) is 2. The average molecular weight is 301 g/mol. The molecule has 22 heavy (non-hydrogen) atoms. The Labute approximate surface area is 129 Å². The van der Waals surface area contributed by atoms with Crippen LogP contribution in [0, 0.1) is 6.92 Å². The molecule has 0 saturated carbocycles. The molecule has 0 radical (unpaired) electrons. The van der Waals surface area contributed by atoms with Crippen molar-refractivity contribution in [3.8, 4) is 17.2 Å². The van der Waals surface area contributed by atoms with Gasteiger partial charge in [-0.15, -0.1) is 0 Å². The van der Waals surface area contributed by atoms with E-state index in [0.29, 0.717) is 6.54 Å². The Morgan fingerprint density at radius 2 is 2.14 bits per heavy atom. The molecule has 0 spiro atoms. The summed E-state index contributed by atoms with van der Waals surface area (Å²) < 4.78 is 5.08. The smallest absolute Gasteiger partial charge is 0.200 e. The van der Waals surface area contributed by atoms with Crippen LogP contribution < -0.4 is 4.74 Å². The fourth-order valence-electron chi connectivity index (χ4n) is 2.76. The quantitative estimate of drug-likeness (QED) is 0.841. The Hall–Kier alpha value is -2.34. The number of phenolic OH excluding ortho intramolecular Hbond substituents is 2. The van der Waals surface area contributed by atoms with Crippen LogP contribution in [0.1, 0.15) is 22.6 Å². The van der Waals surface area contributed by atoms with E-state index in [0.717, 1.165) is 42.2 Å². The molecule has 0 unspecified atom stereocenters. The van der Waals surface area contributed by atoms with Crippen LogP contribution in [0.2, 0.25) is 0 Å². The summed E-state index contributed by atoms with van der Waals surface area (Å²) in [5.41, 5.74) is 3.16. The number of methoxy groups -OCH3 is 1. The third-order valence-electron chi connectivity index (χ3n) is 3.87. The lowest BCUT2D eigenvalue weighted by atomic mass is 10.1. The number of benzene rings is 1. The Morgan fingerprint density at radius 3 is 2.91 bits per heavy atom. The van der Waals surface area contributed by atoms with Crippen molar-refractivity contribution < 1.29 is 14.9 Å². The van der Waals surface area contributed by atoms with Gasteiger partial charge in [-0.05, 0) is 24.6 Å². The highest BCUT2D eigenvalue weighted by Gasteiger charge is 2.19. The lowest BCUT2D eigenvalue weighted by Crippen LogP contribution is -2.31. The maximum absolute atomic E-state index is 9.76. The zero-order valence-electron chi connectivity index (χ0n) is 12.7. The van der Waals surface area contributed by atoms with Gasteiger partial charge in [-0.2, -0.15) is 0 Å². The van der Waals surface area contributed by atoms with Gasteiger partial charge >= 0.3 is 0 Å². The summed E-state index contributed by atoms with van der Waals surface area (Å²) >= 11 is 0. The predicted molar refractivity (Wildman–Crippen MR) is 80.9 cm³/mol. The van der Waals surface area contributed by atoms with Gasteiger partial charge in [0.2, 0.25) is 5.75 Å². The lowest BCUT2D eigenvalue weighted by molar-refractivity contribution is 0.241. The fraction of sp³-hybridized carbons (Fsp3) is 0.375. The summed E-state index contributed by atoms with van der Waals surface area (Å²) in [6.07, 6.45) is 2.78. The number of fused-ring (bicyclic) bond motifs is 1. The second kappa shape index (κ2) is 5.81. The first-order chi connectivity index (χ1) is 10.6. The van der Waals surface area contributed by atoms with Gasteiger partial charge < -0.3 is 14.9 Å². The Morgan fingerprint density at radius 1 is 1.32 bits per heavy atom. The SMILES string of the molecule is COc1cc(CN2CCc3nc(C)ncc3C2)cc(O)c1O. The molecule has 1 aromatic carbocycles. The molecule has 2 N–H and O–H groups in total. The fourth-order valence-corrected chi connectivity index (χ4v) is 2.76. The highest BCUT2D eigenvalue weighted by atomic mass is 16.5. The third kappa shape index (κ3) is 2.82. The van der Waals surface area contributed by atoms with Gasteiger partial charge in [0.05, 0.1) is 7.11 Å². The van der Waals surface area contributed by atoms with E-state index in [9.17, 15) is 10.2 Å². The second-order valence-corrected chi connectivity index (χ2v) is 5.52. The highest BCUT2D eigenvalue weighted by Crippen LogP contribution is 2.36. The first kappa shape index (κ1) is 14.6. The third-order valence-corrected chi connectivity index (χ3v) is 3.87. The van der Waals surface area contributed by atoms with Crippen molar-refractivity contribution in [2.45, 2.75) is 26.4 Å². The van der Waals surface area contributed by atoms with Crippen LogP contribution in [0.15, 0.2) is 18.3 Å². The van der Waals surface area contributed by atoms with Crippen molar-refractivity contribution in [2.24, 2.45) is 0 Å². The van der Waals surface area contributed by atoms with Crippen LogP contribution in [0.25, 0.3) is 0 Å². The van der Waals surface area contributed by atoms with E-state index in [4.69, 9.17) is 4.74 Å². The van der Waals surface area contributed by atoms with Gasteiger partial charge in [-0.3, -0.25) is 4.90 Å². The van der Waals surface area contributed by atoms with E-state index in [2.05, 4.69) is 14.9 Å². The lowest BCUT2D eigenvalue weighted by Gasteiger charge is -2.28. The minimum atomic E-state index is -0.223. The summed E-state index contributed by atoms with van der Waals surface area (Å²) in [5.74, 6) is 0.705. The molecule has 3 rings (SSSR count). The number of aromatic hydroxyl groups is 2. The zero-order chi connectivity index (χ0) is 15.7. The summed E-state index contributed by atoms with van der Waals surface area (Å²) in [7, 11) is 1.47. The van der Waals surface area contributed by atoms with Crippen LogP contribution in [-0.2, 0) is 19.5 Å². The van der Waals surface area contributed by atoms with Gasteiger partial charge in [0, 0.05) is 43.5 Å². The van der Waals surface area contributed by atoms with Gasteiger partial charge in [0.1, 0.15) is 5.82 Å². The van der Waals surface area contributed by atoms with Crippen LogP contribution in [-0.4, -0.2) is 38.7 Å². The van der Waals surface area contributed by atoms with Gasteiger partial charge in [0.25, 0.3) is 0 Å². The summed E-state index contributed by atoms with van der Waals surface area (Å²) in [5, 5.41) is 19.4. The van der Waals surface area contributed by atoms with Crippen molar-refractivity contribution in [3.05, 3.63) is 41.0 Å². The molecule has 0 atom stereocenters. The Kier molecular flexibility index (Phi) is 3.85. The molecule has 1 aliphatic rings. The molecule has 0 amide bonds. The van der Waals surface area contributed by atoms with E-state index in [1.807, 2.05) is 13.1 Å². The van der Waals surface area contributed by atoms with Gasteiger partial charge in [-0.25, -0.2) is 9.97 Å². The maximum atomic E-state index is 9.76. The number of ether oxygens (including phenoxy) is 1. The Bertz CT molecular complexity index is 703. The normalized spacial score (nSPS) is 14.6. The minimum absolute atomic E-state index is 0.161. The standard InChI is InChI=1S/C16H19N3O3/c1-10-17-7-12-9-19(4-3-13(12)18-10)8-11-5-14(20)16(21)15(6-11)22-2/h5-7,20-21H,3-4,8-9H2,1-2H3. The van der Waals surface area contributed by atoms with Crippen LogP contribution >= 0.6 is 0 Å². The number of aromatic nitrogens is 2. The number of rotatable bonds is 3. The number of phenols is 2. The van der Waals surface area contributed by atoms with Gasteiger partial charge in [-0.1, -0.05) is 0 Å². The zero-order valence-corrected chi connectivity index (χ0v) is 12.7. The second-order valence-electron chi connectivity index (χ2n) is 5.52. The molecular weight excluding hydrogens is 282 g/mol. The number of hydrogen-bond acceptors (Lipinski definition) is 6. The largest absolute Gasteiger partial charge is 0.504 e. The number of aryl methyl sites for hydroxylation is 1. The molecule has 0 aliphatic carbocycles. The van der Waals surface area contributed by atoms with Crippen molar-refractivity contribution >= 4 is 0 Å². The molecule has 116 valence electrons. The van der Waals surface area contributed by atoms with E-state index >= 15 is 0 Å². The molecule has 2 heterocycles. The predicted octanol–water partition coefficient (Wildman–Crippen LogP) is 1.76. The van der Waals surface area contributed by atoms with Crippen molar-refractivity contribution in [3.63, 3.8) is 0 Å². The van der Waals surface area contributed by atoms with Crippen molar-refractivity contribution in [1.82, 2.24) is 14.9 Å². The molecule has 0 fully saturated rings. The molecule has 0 saturated heterocycles. The number of nitrogens with zero attached hydrogens (tertiary/aromatic N) is 3. The first-order valence-electron chi connectivity index (χ1n) is 7.19. The topological polar surface area (TPSA) is 78.7 Å². The summed E-state index contributed by atoms with van der Waals surface area (Å²) in [4.78, 5) is 11.0. The van der Waals surface area contributed by atoms with Crippen LogP contribution in [0.5, 0.6) is 17.2 Å². The van der Waals surface area contributed by atoms with E-state index in [-0.39, 0.29) is 17.2 Å². The van der Waals surface area contributed by atoms with E-state index < -0.39 is 0 Å². The minimum Gasteiger partial charge on any atom is -0.504 e. The monoisotopic (exact) mass is 301 g/mol. The van der Waals surface area contributed by atoms with Gasteiger partial charge in [0.15, 0.2) is 11.5 Å². The molecule has 1 aliphatic heterocycles. The molecular formula is C16H19N3O3. The summed E-state index contributed by atoms with van der Waals surface area (Å²) in [6, 6.07) is 3.31. The van der Waals surface area contributed by atoms with Crippen molar-refractivity contribution in [1.29, 1.82) is 0 Å². The first-order valence-corrected chi connectivity index (χ1v) is 7.19. The molecule has 6 nitrogen and oxygen atoms in total. The highest BCUT2D eigenvalue weighted by molar-refractivity contribution is 5.51. The average Bonchev–Trinajstić information content (AvgIpc) is 2.51. The van der Waals surface area contributed by atoms with Crippen molar-refractivity contribution in [2.75, 3.05) is 13.7 Å². The molecule has 1 aromatic heterocycles.